The number of anilines is 1. The van der Waals surface area contributed by atoms with E-state index in [4.69, 9.17) is 5.73 Å². The normalized spacial score (nSPS) is 12.3. The Balaban J connectivity index is 1.89. The third-order valence-corrected chi connectivity index (χ3v) is 2.94. The Morgan fingerprint density at radius 3 is 3.12 bits per heavy atom. The lowest BCUT2D eigenvalue weighted by Crippen LogP contribution is -2.28. The molecule has 0 radical (unpaired) electrons. The predicted molar refractivity (Wildman–Crippen MR) is 65.4 cm³/mol. The van der Waals surface area contributed by atoms with Crippen molar-refractivity contribution in [2.75, 3.05) is 5.73 Å². The highest BCUT2D eigenvalue weighted by atomic mass is 32.1. The van der Waals surface area contributed by atoms with Crippen LogP contribution in [-0.2, 0) is 11.2 Å². The number of H-pyrrole nitrogens is 1. The first kappa shape index (κ1) is 11.6. The molecule has 2 heterocycles. The number of aromatic nitrogens is 3. The topological polar surface area (TPSA) is 96.7 Å². The molecule has 0 aliphatic carbocycles. The summed E-state index contributed by atoms with van der Waals surface area (Å²) in [5, 5.41) is 5.09. The maximum Gasteiger partial charge on any atom is 0.226 e. The Morgan fingerprint density at radius 2 is 2.53 bits per heavy atom. The molecule has 0 aromatic carbocycles. The van der Waals surface area contributed by atoms with Gasteiger partial charge in [-0.05, 0) is 6.92 Å². The van der Waals surface area contributed by atoms with Crippen molar-refractivity contribution in [2.24, 2.45) is 0 Å². The Kier molecular flexibility index (Phi) is 3.38. The van der Waals surface area contributed by atoms with Crippen LogP contribution >= 0.6 is 11.3 Å². The summed E-state index contributed by atoms with van der Waals surface area (Å²) in [4.78, 5) is 22.8. The average molecular weight is 251 g/mol. The van der Waals surface area contributed by atoms with Gasteiger partial charge in [0.05, 0.1) is 18.2 Å². The van der Waals surface area contributed by atoms with Gasteiger partial charge in [-0.1, -0.05) is 0 Å². The van der Waals surface area contributed by atoms with Crippen molar-refractivity contribution in [3.05, 3.63) is 29.3 Å². The van der Waals surface area contributed by atoms with Gasteiger partial charge in [0.2, 0.25) is 5.91 Å². The zero-order valence-electron chi connectivity index (χ0n) is 9.30. The molecular weight excluding hydrogens is 238 g/mol. The summed E-state index contributed by atoms with van der Waals surface area (Å²) in [5.74, 6) is 0.635. The molecule has 1 unspecified atom stereocenters. The van der Waals surface area contributed by atoms with Crippen LogP contribution in [0.4, 0.5) is 5.13 Å². The molecular formula is C10H13N5OS. The first-order valence-corrected chi connectivity index (χ1v) is 6.01. The molecule has 4 N–H and O–H groups in total. The molecule has 0 spiro atoms. The lowest BCUT2D eigenvalue weighted by atomic mass is 10.2. The molecule has 0 bridgehead atoms. The Morgan fingerprint density at radius 1 is 1.71 bits per heavy atom. The van der Waals surface area contributed by atoms with Gasteiger partial charge >= 0.3 is 0 Å². The van der Waals surface area contributed by atoms with Crippen LogP contribution in [0, 0.1) is 0 Å². The zero-order chi connectivity index (χ0) is 12.3. The van der Waals surface area contributed by atoms with E-state index in [0.717, 1.165) is 5.82 Å². The quantitative estimate of drug-likeness (QED) is 0.751. The van der Waals surface area contributed by atoms with Gasteiger partial charge in [-0.2, -0.15) is 0 Å². The van der Waals surface area contributed by atoms with Crippen LogP contribution in [0.25, 0.3) is 0 Å². The van der Waals surface area contributed by atoms with E-state index in [1.807, 2.05) is 6.92 Å². The van der Waals surface area contributed by atoms with E-state index < -0.39 is 0 Å². The van der Waals surface area contributed by atoms with Crippen LogP contribution in [0.2, 0.25) is 0 Å². The molecule has 0 aliphatic heterocycles. The number of nitrogens with zero attached hydrogens (tertiary/aromatic N) is 2. The summed E-state index contributed by atoms with van der Waals surface area (Å²) in [6, 6.07) is -0.145. The van der Waals surface area contributed by atoms with Crippen LogP contribution in [0.3, 0.4) is 0 Å². The Bertz CT molecular complexity index is 493. The summed E-state index contributed by atoms with van der Waals surface area (Å²) >= 11 is 1.33. The summed E-state index contributed by atoms with van der Waals surface area (Å²) < 4.78 is 0. The van der Waals surface area contributed by atoms with Crippen LogP contribution in [0.15, 0.2) is 17.8 Å². The summed E-state index contributed by atoms with van der Waals surface area (Å²) in [5.41, 5.74) is 6.18. The van der Waals surface area contributed by atoms with Crippen molar-refractivity contribution in [2.45, 2.75) is 19.4 Å². The molecule has 90 valence electrons. The number of nitrogen functional groups attached to an aromatic ring is 1. The molecule has 2 rings (SSSR count). The minimum Gasteiger partial charge on any atom is -0.375 e. The first-order valence-electron chi connectivity index (χ1n) is 5.13. The van der Waals surface area contributed by atoms with Gasteiger partial charge in [0.25, 0.3) is 0 Å². The first-order chi connectivity index (χ1) is 8.15. The largest absolute Gasteiger partial charge is 0.375 e. The summed E-state index contributed by atoms with van der Waals surface area (Å²) in [6.45, 7) is 1.87. The van der Waals surface area contributed by atoms with Crippen LogP contribution < -0.4 is 11.1 Å². The second-order valence-corrected chi connectivity index (χ2v) is 4.51. The molecule has 0 saturated heterocycles. The number of carbonyl (C=O) groups is 1. The fourth-order valence-electron chi connectivity index (χ4n) is 1.44. The molecule has 0 aliphatic rings. The number of rotatable bonds is 4. The standard InChI is InChI=1S/C10H13N5OS/c1-6(9-12-2-3-13-9)14-8(16)4-7-5-17-10(11)15-7/h2-3,5-6H,4H2,1H3,(H2,11,15)(H,12,13)(H,14,16). The number of nitrogens with two attached hydrogens (primary N) is 1. The second kappa shape index (κ2) is 4.96. The van der Waals surface area contributed by atoms with Crippen molar-refractivity contribution in [3.63, 3.8) is 0 Å². The molecule has 2 aromatic heterocycles. The molecule has 1 atom stereocenters. The van der Waals surface area contributed by atoms with Gasteiger partial charge in [-0.3, -0.25) is 4.79 Å². The maximum absolute atomic E-state index is 11.7. The van der Waals surface area contributed by atoms with E-state index in [1.165, 1.54) is 11.3 Å². The minimum absolute atomic E-state index is 0.0980. The molecule has 6 nitrogen and oxygen atoms in total. The van der Waals surface area contributed by atoms with E-state index in [0.29, 0.717) is 10.8 Å². The zero-order valence-corrected chi connectivity index (χ0v) is 10.1. The highest BCUT2D eigenvalue weighted by Crippen LogP contribution is 2.12. The van der Waals surface area contributed by atoms with Crippen LogP contribution in [0.5, 0.6) is 0 Å². The molecule has 7 heteroatoms. The molecule has 0 fully saturated rings. The number of amides is 1. The third kappa shape index (κ3) is 3.04. The second-order valence-electron chi connectivity index (χ2n) is 3.62. The van der Waals surface area contributed by atoms with Gasteiger partial charge in [-0.15, -0.1) is 11.3 Å². The molecule has 17 heavy (non-hydrogen) atoms. The summed E-state index contributed by atoms with van der Waals surface area (Å²) in [7, 11) is 0. The number of imidazole rings is 1. The van der Waals surface area contributed by atoms with Crippen molar-refractivity contribution in [3.8, 4) is 0 Å². The number of hydrogen-bond donors (Lipinski definition) is 3. The number of carbonyl (C=O) groups excluding carboxylic acids is 1. The highest BCUT2D eigenvalue weighted by Gasteiger charge is 2.12. The molecule has 1 amide bonds. The van der Waals surface area contributed by atoms with Crippen LogP contribution in [-0.4, -0.2) is 20.9 Å². The average Bonchev–Trinajstić information content (AvgIpc) is 2.89. The SMILES string of the molecule is CC(NC(=O)Cc1csc(N)n1)c1ncc[nH]1. The maximum atomic E-state index is 11.7. The molecule has 2 aromatic rings. The lowest BCUT2D eigenvalue weighted by Gasteiger charge is -2.10. The van der Waals surface area contributed by atoms with E-state index in [9.17, 15) is 4.79 Å². The Labute approximate surface area is 102 Å². The number of hydrogen-bond acceptors (Lipinski definition) is 5. The number of nitrogens with one attached hydrogen (secondary N) is 2. The minimum atomic E-state index is -0.145. The van der Waals surface area contributed by atoms with Crippen LogP contribution in [0.1, 0.15) is 24.5 Å². The molecule has 0 saturated carbocycles. The number of aromatic amines is 1. The van der Waals surface area contributed by atoms with Crippen molar-refractivity contribution >= 4 is 22.4 Å². The van der Waals surface area contributed by atoms with E-state index in [2.05, 4.69) is 20.3 Å². The van der Waals surface area contributed by atoms with Gasteiger partial charge in [-0.25, -0.2) is 9.97 Å². The van der Waals surface area contributed by atoms with E-state index in [-0.39, 0.29) is 18.4 Å². The lowest BCUT2D eigenvalue weighted by molar-refractivity contribution is -0.121. The fourth-order valence-corrected chi connectivity index (χ4v) is 2.01. The van der Waals surface area contributed by atoms with Gasteiger partial charge in [0, 0.05) is 17.8 Å². The smallest absolute Gasteiger partial charge is 0.226 e. The van der Waals surface area contributed by atoms with Gasteiger partial charge in [0.15, 0.2) is 5.13 Å². The van der Waals surface area contributed by atoms with E-state index >= 15 is 0 Å². The predicted octanol–water partition coefficient (Wildman–Crippen LogP) is 0.868. The van der Waals surface area contributed by atoms with E-state index in [1.54, 1.807) is 17.8 Å². The number of thiazole rings is 1. The highest BCUT2D eigenvalue weighted by molar-refractivity contribution is 7.13. The fraction of sp³-hybridized carbons (Fsp3) is 0.300. The monoisotopic (exact) mass is 251 g/mol. The van der Waals surface area contributed by atoms with Gasteiger partial charge < -0.3 is 16.0 Å². The van der Waals surface area contributed by atoms with Crippen molar-refractivity contribution in [1.82, 2.24) is 20.3 Å². The van der Waals surface area contributed by atoms with Crippen molar-refractivity contribution in [1.29, 1.82) is 0 Å². The Hall–Kier alpha value is -1.89. The third-order valence-electron chi connectivity index (χ3n) is 2.22. The summed E-state index contributed by atoms with van der Waals surface area (Å²) in [6.07, 6.45) is 3.61. The van der Waals surface area contributed by atoms with Crippen molar-refractivity contribution < 1.29 is 4.79 Å². The van der Waals surface area contributed by atoms with Gasteiger partial charge in [0.1, 0.15) is 5.82 Å².